The molecule has 8 heteroatoms. The van der Waals surface area contributed by atoms with Crippen LogP contribution < -0.4 is 0 Å². The summed E-state index contributed by atoms with van der Waals surface area (Å²) < 4.78 is 35.1. The lowest BCUT2D eigenvalue weighted by Crippen LogP contribution is -2.39. The fourth-order valence-electron chi connectivity index (χ4n) is 4.70. The number of hydrogen-bond donors (Lipinski definition) is 1. The van der Waals surface area contributed by atoms with Crippen LogP contribution in [-0.4, -0.2) is 75.7 Å². The van der Waals surface area contributed by atoms with Gasteiger partial charge in [0.2, 0.25) is 0 Å². The maximum atomic E-state index is 12.2. The van der Waals surface area contributed by atoms with Crippen LogP contribution in [0.15, 0.2) is 0 Å². The number of phosphoric acid groups is 1. The predicted molar refractivity (Wildman–Crippen MR) is 153 cm³/mol. The van der Waals surface area contributed by atoms with Crippen LogP contribution in [0.3, 0.4) is 0 Å². The summed E-state index contributed by atoms with van der Waals surface area (Å²) in [5, 5.41) is 0. The Bertz CT molecular complexity index is 577. The van der Waals surface area contributed by atoms with Gasteiger partial charge in [0, 0.05) is 13.2 Å². The molecule has 0 aliphatic carbocycles. The predicted octanol–water partition coefficient (Wildman–Crippen LogP) is 7.65. The number of rotatable bonds is 26. The molecule has 0 bridgehead atoms. The highest BCUT2D eigenvalue weighted by atomic mass is 31.2. The number of likely N-dealkylation sites (N-methyl/N-ethyl adjacent to an activating group) is 1. The standard InChI is InChI=1S/C29H60NO6P/c1-5-6-7-8-9-10-11-12-13-14-15-16-17-18-19-20-24-33-27-29(22-21-25-34-29)28-36-37(31,32)35-26-23-30(2,3)4/h5-28H2,1-4H3/p+1/t29-/m0/s1. The molecule has 0 amide bonds. The first-order chi connectivity index (χ1) is 17.7. The monoisotopic (exact) mass is 550 g/mol. The number of hydrogen-bond acceptors (Lipinski definition) is 5. The molecule has 1 aliphatic rings. The van der Waals surface area contributed by atoms with Gasteiger partial charge < -0.3 is 18.9 Å². The molecule has 1 saturated heterocycles. The molecule has 0 aromatic heterocycles. The van der Waals surface area contributed by atoms with Gasteiger partial charge in [-0.3, -0.25) is 9.05 Å². The number of quaternary nitrogens is 1. The molecule has 1 N–H and O–H groups in total. The van der Waals surface area contributed by atoms with Crippen molar-refractivity contribution < 1.29 is 32.5 Å². The summed E-state index contributed by atoms with van der Waals surface area (Å²) in [5.41, 5.74) is -0.642. The zero-order chi connectivity index (χ0) is 27.3. The molecule has 2 atom stereocenters. The Morgan fingerprint density at radius 2 is 1.27 bits per heavy atom. The van der Waals surface area contributed by atoms with E-state index in [0.29, 0.717) is 30.8 Å². The van der Waals surface area contributed by atoms with Crippen molar-refractivity contribution in [1.29, 1.82) is 0 Å². The summed E-state index contributed by atoms with van der Waals surface area (Å²) in [6.45, 7) is 4.81. The zero-order valence-electron chi connectivity index (χ0n) is 24.9. The Labute approximate surface area is 229 Å². The van der Waals surface area contributed by atoms with Crippen LogP contribution in [0.2, 0.25) is 0 Å². The van der Waals surface area contributed by atoms with Gasteiger partial charge in [-0.25, -0.2) is 4.57 Å². The number of ether oxygens (including phenoxy) is 2. The lowest BCUT2D eigenvalue weighted by atomic mass is 10.0. The van der Waals surface area contributed by atoms with Gasteiger partial charge in [0.25, 0.3) is 0 Å². The maximum absolute atomic E-state index is 12.2. The maximum Gasteiger partial charge on any atom is 0.472 e. The Balaban J connectivity index is 1.99. The van der Waals surface area contributed by atoms with Crippen molar-refractivity contribution in [2.24, 2.45) is 0 Å². The van der Waals surface area contributed by atoms with Crippen LogP contribution in [0.5, 0.6) is 0 Å². The van der Waals surface area contributed by atoms with Crippen molar-refractivity contribution >= 4 is 7.82 Å². The highest BCUT2D eigenvalue weighted by Gasteiger charge is 2.39. The highest BCUT2D eigenvalue weighted by molar-refractivity contribution is 7.47. The minimum atomic E-state index is -4.10. The van der Waals surface area contributed by atoms with Crippen molar-refractivity contribution in [3.8, 4) is 0 Å². The lowest BCUT2D eigenvalue weighted by Gasteiger charge is -2.29. The first-order valence-electron chi connectivity index (χ1n) is 15.3. The van der Waals surface area contributed by atoms with Crippen LogP contribution in [0, 0.1) is 0 Å². The molecule has 1 aliphatic heterocycles. The minimum Gasteiger partial charge on any atom is -0.378 e. The molecular formula is C29H61NO6P+. The van der Waals surface area contributed by atoms with Crippen LogP contribution in [0.1, 0.15) is 122 Å². The average molecular weight is 551 g/mol. The Morgan fingerprint density at radius 3 is 1.73 bits per heavy atom. The van der Waals surface area contributed by atoms with Crippen LogP contribution in [-0.2, 0) is 23.1 Å². The van der Waals surface area contributed by atoms with Gasteiger partial charge in [-0.1, -0.05) is 103 Å². The fourth-order valence-corrected chi connectivity index (χ4v) is 5.49. The second-order valence-electron chi connectivity index (χ2n) is 12.1. The molecule has 7 nitrogen and oxygen atoms in total. The van der Waals surface area contributed by atoms with E-state index in [-0.39, 0.29) is 13.2 Å². The SMILES string of the molecule is CCCCCCCCCCCCCCCCCCOC[C@]1(COP(=O)(O)OCC[N+](C)(C)C)CCCO1. The molecule has 1 unspecified atom stereocenters. The summed E-state index contributed by atoms with van der Waals surface area (Å²) in [4.78, 5) is 10.0. The molecule has 1 fully saturated rings. The molecule has 37 heavy (non-hydrogen) atoms. The Hall–Kier alpha value is -0.0100. The van der Waals surface area contributed by atoms with E-state index in [2.05, 4.69) is 6.92 Å². The van der Waals surface area contributed by atoms with E-state index in [1.165, 1.54) is 96.3 Å². The fraction of sp³-hybridized carbons (Fsp3) is 1.00. The van der Waals surface area contributed by atoms with E-state index in [9.17, 15) is 9.46 Å². The quantitative estimate of drug-likeness (QED) is 0.0677. The summed E-state index contributed by atoms with van der Waals surface area (Å²) in [6.07, 6.45) is 23.3. The number of nitrogens with zero attached hydrogens (tertiary/aromatic N) is 1. The van der Waals surface area contributed by atoms with E-state index in [1.54, 1.807) is 0 Å². The lowest BCUT2D eigenvalue weighted by molar-refractivity contribution is -0.870. The van der Waals surface area contributed by atoms with Gasteiger partial charge in [0.1, 0.15) is 18.8 Å². The first-order valence-corrected chi connectivity index (χ1v) is 16.8. The van der Waals surface area contributed by atoms with Crippen molar-refractivity contribution in [2.45, 2.75) is 128 Å². The molecular weight excluding hydrogens is 489 g/mol. The molecule has 0 spiro atoms. The van der Waals surface area contributed by atoms with Gasteiger partial charge in [-0.05, 0) is 19.3 Å². The third-order valence-corrected chi connectivity index (χ3v) is 8.16. The van der Waals surface area contributed by atoms with Gasteiger partial charge in [0.15, 0.2) is 0 Å². The largest absolute Gasteiger partial charge is 0.472 e. The molecule has 0 aromatic rings. The third kappa shape index (κ3) is 20.5. The minimum absolute atomic E-state index is 0.0180. The summed E-state index contributed by atoms with van der Waals surface area (Å²) in [5.74, 6) is 0. The molecule has 0 radical (unpaired) electrons. The number of phosphoric ester groups is 1. The van der Waals surface area contributed by atoms with Gasteiger partial charge >= 0.3 is 7.82 Å². The van der Waals surface area contributed by atoms with E-state index < -0.39 is 13.4 Å². The van der Waals surface area contributed by atoms with Crippen molar-refractivity contribution in [3.63, 3.8) is 0 Å². The van der Waals surface area contributed by atoms with E-state index in [1.807, 2.05) is 21.1 Å². The van der Waals surface area contributed by atoms with Crippen LogP contribution in [0.4, 0.5) is 0 Å². The molecule has 0 saturated carbocycles. The van der Waals surface area contributed by atoms with Crippen molar-refractivity contribution in [2.75, 3.05) is 60.7 Å². The normalized spacial score (nSPS) is 19.9. The first kappa shape index (κ1) is 35.0. The smallest absolute Gasteiger partial charge is 0.378 e. The topological polar surface area (TPSA) is 74.2 Å². The van der Waals surface area contributed by atoms with Crippen molar-refractivity contribution in [1.82, 2.24) is 0 Å². The summed E-state index contributed by atoms with van der Waals surface area (Å²) >= 11 is 0. The van der Waals surface area contributed by atoms with E-state index in [0.717, 1.165) is 19.3 Å². The second-order valence-corrected chi connectivity index (χ2v) is 13.5. The summed E-state index contributed by atoms with van der Waals surface area (Å²) in [7, 11) is 1.92. The average Bonchev–Trinajstić information content (AvgIpc) is 3.30. The number of unbranched alkanes of at least 4 members (excludes halogenated alkanes) is 15. The highest BCUT2D eigenvalue weighted by Crippen LogP contribution is 2.45. The van der Waals surface area contributed by atoms with Gasteiger partial charge in [-0.2, -0.15) is 0 Å². The summed E-state index contributed by atoms with van der Waals surface area (Å²) in [6, 6.07) is 0. The van der Waals surface area contributed by atoms with Crippen LogP contribution >= 0.6 is 7.82 Å². The molecule has 1 rings (SSSR count). The molecule has 0 aromatic carbocycles. The van der Waals surface area contributed by atoms with E-state index in [4.69, 9.17) is 18.5 Å². The van der Waals surface area contributed by atoms with E-state index >= 15 is 0 Å². The van der Waals surface area contributed by atoms with Gasteiger partial charge in [-0.15, -0.1) is 0 Å². The van der Waals surface area contributed by atoms with Crippen molar-refractivity contribution in [3.05, 3.63) is 0 Å². The molecule has 222 valence electrons. The Kier molecular flexibility index (Phi) is 19.7. The second kappa shape index (κ2) is 20.8. The zero-order valence-corrected chi connectivity index (χ0v) is 25.7. The van der Waals surface area contributed by atoms with Gasteiger partial charge in [0.05, 0.1) is 34.4 Å². The molecule has 1 heterocycles. The Morgan fingerprint density at radius 1 is 0.757 bits per heavy atom. The third-order valence-electron chi connectivity index (χ3n) is 7.20. The van der Waals surface area contributed by atoms with Crippen LogP contribution in [0.25, 0.3) is 0 Å².